The second-order valence-electron chi connectivity index (χ2n) is 18.2. The smallest absolute Gasteiger partial charge is 0.149 e. The molecule has 0 saturated heterocycles. The molecule has 8 aromatic rings. The molecular formula is C56H57N3O. The van der Waals surface area contributed by atoms with E-state index in [0.717, 1.165) is 61.3 Å². The molecule has 8 rings (SSSR count). The summed E-state index contributed by atoms with van der Waals surface area (Å²) in [6.07, 6.45) is 1.56. The first-order chi connectivity index (χ1) is 31.6. The Morgan fingerprint density at radius 3 is 2.05 bits per heavy atom. The fourth-order valence-corrected chi connectivity index (χ4v) is 7.87. The zero-order chi connectivity index (χ0) is 49.6. The van der Waals surface area contributed by atoms with Crippen molar-refractivity contribution in [1.82, 2.24) is 14.5 Å². The minimum Gasteiger partial charge on any atom is -0.507 e. The summed E-state index contributed by atoms with van der Waals surface area (Å²) < 4.78 is 69.6. The van der Waals surface area contributed by atoms with Gasteiger partial charge in [-0.3, -0.25) is 9.55 Å². The summed E-state index contributed by atoms with van der Waals surface area (Å²) in [4.78, 5) is 10.2. The van der Waals surface area contributed by atoms with E-state index < -0.39 is 42.5 Å². The third-order valence-electron chi connectivity index (χ3n) is 11.3. The zero-order valence-electron chi connectivity index (χ0n) is 44.2. The number of benzene rings is 6. The molecule has 2 aromatic heterocycles. The predicted octanol–water partition coefficient (Wildman–Crippen LogP) is 15.1. The Bertz CT molecular complexity index is 3260. The summed E-state index contributed by atoms with van der Waals surface area (Å²) in [5.41, 5.74) is 11.8. The van der Waals surface area contributed by atoms with Crippen molar-refractivity contribution in [2.75, 3.05) is 0 Å². The van der Waals surface area contributed by atoms with E-state index in [1.807, 2.05) is 70.2 Å². The normalized spacial score (nSPS) is 14.4. The van der Waals surface area contributed by atoms with E-state index in [1.165, 1.54) is 5.56 Å². The quantitative estimate of drug-likeness (QED) is 0.175. The summed E-state index contributed by atoms with van der Waals surface area (Å²) in [5.74, 6) is -0.201. The summed E-state index contributed by atoms with van der Waals surface area (Å²) in [5, 5.41) is 11.9. The summed E-state index contributed by atoms with van der Waals surface area (Å²) in [7, 11) is 0. The van der Waals surface area contributed by atoms with E-state index in [9.17, 15) is 5.11 Å². The average molecular weight is 796 g/mol. The number of para-hydroxylation sites is 1. The number of phenols is 1. The summed E-state index contributed by atoms with van der Waals surface area (Å²) >= 11 is 0. The highest BCUT2D eigenvalue weighted by molar-refractivity contribution is 5.98. The third kappa shape index (κ3) is 7.79. The largest absolute Gasteiger partial charge is 0.507 e. The molecule has 6 aromatic carbocycles. The van der Waals surface area contributed by atoms with Gasteiger partial charge < -0.3 is 5.11 Å². The second kappa shape index (κ2) is 15.4. The Kier molecular flexibility index (Phi) is 8.12. The Hall–Kier alpha value is -6.26. The van der Waals surface area contributed by atoms with Crippen LogP contribution in [-0.2, 0) is 10.8 Å². The molecule has 60 heavy (non-hydrogen) atoms. The molecule has 302 valence electrons. The zero-order valence-corrected chi connectivity index (χ0v) is 36.2. The number of aryl methyl sites for hydroxylation is 2. The molecule has 0 saturated carbocycles. The van der Waals surface area contributed by atoms with Gasteiger partial charge >= 0.3 is 0 Å². The third-order valence-corrected chi connectivity index (χ3v) is 11.3. The van der Waals surface area contributed by atoms with Crippen LogP contribution in [0.15, 0.2) is 133 Å². The van der Waals surface area contributed by atoms with E-state index in [2.05, 4.69) is 94.6 Å². The topological polar surface area (TPSA) is 50.9 Å². The minimum absolute atomic E-state index is 0.00911. The average Bonchev–Trinajstić information content (AvgIpc) is 3.65. The number of imidazole rings is 1. The maximum atomic E-state index is 11.9. The number of aromatic nitrogens is 3. The first kappa shape index (κ1) is 31.6. The van der Waals surface area contributed by atoms with Crippen LogP contribution in [-0.4, -0.2) is 19.6 Å². The lowest BCUT2D eigenvalue weighted by molar-refractivity contribution is 0.472. The number of aromatic hydroxyl groups is 1. The monoisotopic (exact) mass is 796 g/mol. The van der Waals surface area contributed by atoms with Gasteiger partial charge in [0.05, 0.1) is 33.5 Å². The van der Waals surface area contributed by atoms with Gasteiger partial charge in [-0.2, -0.15) is 0 Å². The molecule has 4 heteroatoms. The van der Waals surface area contributed by atoms with E-state index in [0.29, 0.717) is 28.2 Å². The molecule has 1 N–H and O–H groups in total. The highest BCUT2D eigenvalue weighted by Gasteiger charge is 2.25. The van der Waals surface area contributed by atoms with Crippen LogP contribution >= 0.6 is 0 Å². The Labute approximate surface area is 367 Å². The first-order valence-corrected chi connectivity index (χ1v) is 20.5. The van der Waals surface area contributed by atoms with Gasteiger partial charge in [-0.1, -0.05) is 140 Å². The van der Waals surface area contributed by atoms with Gasteiger partial charge in [0.2, 0.25) is 0 Å². The van der Waals surface area contributed by atoms with Gasteiger partial charge in [-0.15, -0.1) is 0 Å². The number of hydrogen-bond donors (Lipinski definition) is 1. The van der Waals surface area contributed by atoms with Crippen LogP contribution in [0.5, 0.6) is 5.75 Å². The maximum absolute atomic E-state index is 11.9. The van der Waals surface area contributed by atoms with Crippen molar-refractivity contribution < 1.29 is 16.1 Å². The van der Waals surface area contributed by atoms with Crippen molar-refractivity contribution in [2.45, 2.75) is 92.8 Å². The molecule has 0 radical (unpaired) electrons. The molecule has 0 aliphatic rings. The molecule has 4 nitrogen and oxygen atoms in total. The summed E-state index contributed by atoms with van der Waals surface area (Å²) in [6, 6.07) is 32.3. The van der Waals surface area contributed by atoms with E-state index in [4.69, 9.17) is 20.9 Å². The van der Waals surface area contributed by atoms with Gasteiger partial charge in [0, 0.05) is 28.4 Å². The fraction of sp³-hybridized carbons (Fsp3) is 0.250. The lowest BCUT2D eigenvalue weighted by Gasteiger charge is -2.22. The van der Waals surface area contributed by atoms with Gasteiger partial charge in [-0.05, 0) is 136 Å². The number of rotatable bonds is 7. The Morgan fingerprint density at radius 2 is 1.37 bits per heavy atom. The number of hydrogen-bond acceptors (Lipinski definition) is 3. The fourth-order valence-electron chi connectivity index (χ4n) is 7.87. The van der Waals surface area contributed by atoms with Gasteiger partial charge in [0.1, 0.15) is 11.6 Å². The minimum atomic E-state index is -2.82. The number of nitrogens with zero attached hydrogens (tertiary/aromatic N) is 3. The van der Waals surface area contributed by atoms with E-state index >= 15 is 0 Å². The van der Waals surface area contributed by atoms with Crippen molar-refractivity contribution in [2.24, 2.45) is 0 Å². The predicted molar refractivity (Wildman–Crippen MR) is 253 cm³/mol. The van der Waals surface area contributed by atoms with Crippen LogP contribution in [0, 0.1) is 20.7 Å². The second-order valence-corrected chi connectivity index (χ2v) is 18.2. The van der Waals surface area contributed by atoms with E-state index in [-0.39, 0.29) is 22.1 Å². The number of pyridine rings is 1. The van der Waals surface area contributed by atoms with Crippen LogP contribution in [0.25, 0.3) is 72.7 Å². The molecule has 0 aliphatic heterocycles. The van der Waals surface area contributed by atoms with Crippen molar-refractivity contribution in [1.29, 1.82) is 0 Å². The van der Waals surface area contributed by atoms with Crippen LogP contribution in [0.4, 0.5) is 0 Å². The molecule has 0 atom stereocenters. The van der Waals surface area contributed by atoms with Gasteiger partial charge in [0.15, 0.2) is 0 Å². The van der Waals surface area contributed by atoms with Gasteiger partial charge in [-0.25, -0.2) is 4.98 Å². The van der Waals surface area contributed by atoms with Crippen molar-refractivity contribution in [3.05, 3.63) is 167 Å². The van der Waals surface area contributed by atoms with Crippen LogP contribution in [0.1, 0.15) is 106 Å². The number of fused-ring (bicyclic) bond motifs is 1. The lowest BCUT2D eigenvalue weighted by Crippen LogP contribution is -2.11. The molecule has 0 fully saturated rings. The molecule has 0 bridgehead atoms. The van der Waals surface area contributed by atoms with Crippen molar-refractivity contribution >= 4 is 11.0 Å². The lowest BCUT2D eigenvalue weighted by atomic mass is 9.83. The molecular weight excluding hydrogens is 731 g/mol. The van der Waals surface area contributed by atoms with Crippen LogP contribution in [0.3, 0.4) is 0 Å². The molecule has 0 unspecified atom stereocenters. The first-order valence-electron chi connectivity index (χ1n) is 24.5. The van der Waals surface area contributed by atoms with Gasteiger partial charge in [0.25, 0.3) is 0 Å². The molecule has 0 spiro atoms. The Balaban J connectivity index is 1.40. The van der Waals surface area contributed by atoms with E-state index in [1.54, 1.807) is 18.3 Å². The molecule has 2 heterocycles. The standard InChI is InChI=1S/C56H57N3O/c1-34(2)40-21-24-50(47(32-40)39-19-22-44(23-20-39)55(6,7)8)59-51-14-12-13-46(52(51)58-54(59)48-28-36(4)27-37(5)53(48)60)42-29-43(31-45(30-42)56(9,10)11)49-33-41(25-26-57-49)38-17-15-35(3)16-18-38/h12-34,60H,1-11H3/i3D3,15D,16D,17D,18D,34D. The van der Waals surface area contributed by atoms with Crippen LogP contribution in [0.2, 0.25) is 0 Å². The SMILES string of the molecule is [2H]c1c([2H])c(C([2H])([2H])[2H])c([2H])c([2H])c1-c1ccnc(-c2cc(-c3cccc4c3nc(-c3cc(C)cc(C)c3O)n4-c3ccc(C([2H])(C)C)cc3-c3ccc(C(C)(C)C)cc3)cc(C(C)(C)C)c2)c1. The summed E-state index contributed by atoms with van der Waals surface area (Å²) in [6.45, 7) is 17.8. The molecule has 0 amide bonds. The van der Waals surface area contributed by atoms with Crippen LogP contribution < -0.4 is 0 Å². The Morgan fingerprint density at radius 1 is 0.650 bits per heavy atom. The highest BCUT2D eigenvalue weighted by Crippen LogP contribution is 2.43. The maximum Gasteiger partial charge on any atom is 0.149 e. The van der Waals surface area contributed by atoms with Crippen molar-refractivity contribution in [3.63, 3.8) is 0 Å². The number of phenolic OH excluding ortho intramolecular Hbond substituents is 1. The molecule has 0 aliphatic carbocycles. The van der Waals surface area contributed by atoms with Crippen molar-refractivity contribution in [3.8, 4) is 67.5 Å². The highest BCUT2D eigenvalue weighted by atomic mass is 16.3.